The summed E-state index contributed by atoms with van der Waals surface area (Å²) in [5, 5.41) is 17.4. The van der Waals surface area contributed by atoms with Crippen molar-refractivity contribution in [2.45, 2.75) is 32.2 Å². The van der Waals surface area contributed by atoms with Crippen molar-refractivity contribution in [1.29, 1.82) is 5.26 Å². The van der Waals surface area contributed by atoms with E-state index in [1.807, 2.05) is 6.07 Å². The first-order chi connectivity index (χ1) is 11.8. The molecule has 0 saturated heterocycles. The zero-order chi connectivity index (χ0) is 16.8. The third-order valence-corrected chi connectivity index (χ3v) is 4.15. The number of nitriles is 1. The molecule has 3 rings (SSSR count). The second-order valence-corrected chi connectivity index (χ2v) is 5.63. The molecule has 0 unspecified atom stereocenters. The summed E-state index contributed by atoms with van der Waals surface area (Å²) in [6.07, 6.45) is 4.76. The quantitative estimate of drug-likeness (QED) is 0.722. The zero-order valence-electron chi connectivity index (χ0n) is 13.7. The third kappa shape index (κ3) is 3.35. The van der Waals surface area contributed by atoms with Gasteiger partial charge in [-0.3, -0.25) is 0 Å². The Morgan fingerprint density at radius 2 is 2.08 bits per heavy atom. The number of hydrogen-bond donors (Lipinski definition) is 1. The molecule has 1 N–H and O–H groups in total. The van der Waals surface area contributed by atoms with Crippen LogP contribution in [0.2, 0.25) is 0 Å². The average molecular weight is 320 g/mol. The first-order valence-electron chi connectivity index (χ1n) is 8.15. The van der Waals surface area contributed by atoms with Crippen molar-refractivity contribution in [3.8, 4) is 6.07 Å². The molecule has 6 heteroatoms. The molecular formula is C18H20N6. The van der Waals surface area contributed by atoms with E-state index in [0.717, 1.165) is 29.8 Å². The maximum atomic E-state index is 8.74. The Morgan fingerprint density at radius 1 is 1.25 bits per heavy atom. The Kier molecular flexibility index (Phi) is 5.02. The number of aromatic nitrogens is 4. The monoisotopic (exact) mass is 320 g/mol. The van der Waals surface area contributed by atoms with Gasteiger partial charge < -0.3 is 5.32 Å². The van der Waals surface area contributed by atoms with Crippen molar-refractivity contribution < 1.29 is 0 Å². The number of nitrogens with one attached hydrogen (secondary N) is 1. The minimum atomic E-state index is 0.412. The van der Waals surface area contributed by atoms with E-state index in [0.29, 0.717) is 18.9 Å². The number of fused-ring (bicyclic) bond motifs is 1. The minimum Gasteiger partial charge on any atom is -0.369 e. The molecule has 0 bridgehead atoms. The number of rotatable bonds is 7. The van der Waals surface area contributed by atoms with Gasteiger partial charge in [0.25, 0.3) is 0 Å². The lowest BCUT2D eigenvalue weighted by molar-refractivity contribution is 0.643. The van der Waals surface area contributed by atoms with Gasteiger partial charge in [0.05, 0.1) is 30.6 Å². The fourth-order valence-corrected chi connectivity index (χ4v) is 2.80. The fourth-order valence-electron chi connectivity index (χ4n) is 2.80. The predicted molar refractivity (Wildman–Crippen MR) is 93.5 cm³/mol. The summed E-state index contributed by atoms with van der Waals surface area (Å²) in [6.45, 7) is 3.53. The van der Waals surface area contributed by atoms with E-state index in [2.05, 4.69) is 57.6 Å². The summed E-state index contributed by atoms with van der Waals surface area (Å²) in [4.78, 5) is 8.66. The Bertz CT molecular complexity index is 834. The SMILES string of the molecule is CC[C@H](CNc1ncnc2c1cnn2CCC#N)c1ccccc1. The second-order valence-electron chi connectivity index (χ2n) is 5.63. The van der Waals surface area contributed by atoms with Gasteiger partial charge in [-0.1, -0.05) is 37.3 Å². The number of aryl methyl sites for hydroxylation is 1. The molecule has 2 aromatic heterocycles. The summed E-state index contributed by atoms with van der Waals surface area (Å²) in [5.74, 6) is 1.21. The highest BCUT2D eigenvalue weighted by molar-refractivity contribution is 5.86. The maximum Gasteiger partial charge on any atom is 0.163 e. The van der Waals surface area contributed by atoms with E-state index in [1.54, 1.807) is 17.2 Å². The Morgan fingerprint density at radius 3 is 2.83 bits per heavy atom. The van der Waals surface area contributed by atoms with Crippen LogP contribution in [0.3, 0.4) is 0 Å². The van der Waals surface area contributed by atoms with Crippen molar-refractivity contribution in [1.82, 2.24) is 19.7 Å². The molecule has 122 valence electrons. The van der Waals surface area contributed by atoms with Crippen molar-refractivity contribution in [2.75, 3.05) is 11.9 Å². The van der Waals surface area contributed by atoms with Crippen molar-refractivity contribution in [3.63, 3.8) is 0 Å². The Balaban J connectivity index is 1.78. The lowest BCUT2D eigenvalue weighted by Gasteiger charge is -2.16. The summed E-state index contributed by atoms with van der Waals surface area (Å²) < 4.78 is 1.75. The first-order valence-corrected chi connectivity index (χ1v) is 8.15. The van der Waals surface area contributed by atoms with Crippen molar-refractivity contribution in [2.24, 2.45) is 0 Å². The largest absolute Gasteiger partial charge is 0.369 e. The molecule has 0 spiro atoms. The van der Waals surface area contributed by atoms with Gasteiger partial charge in [-0.2, -0.15) is 10.4 Å². The molecule has 6 nitrogen and oxygen atoms in total. The van der Waals surface area contributed by atoms with Gasteiger partial charge in [-0.15, -0.1) is 0 Å². The highest BCUT2D eigenvalue weighted by Crippen LogP contribution is 2.23. The number of benzene rings is 1. The van der Waals surface area contributed by atoms with Gasteiger partial charge in [-0.25, -0.2) is 14.6 Å². The predicted octanol–water partition coefficient (Wildman–Crippen LogP) is 3.35. The highest BCUT2D eigenvalue weighted by atomic mass is 15.3. The molecule has 0 aliphatic rings. The molecule has 0 fully saturated rings. The minimum absolute atomic E-state index is 0.412. The van der Waals surface area contributed by atoms with Crippen LogP contribution in [0, 0.1) is 11.3 Å². The van der Waals surface area contributed by atoms with E-state index in [4.69, 9.17) is 5.26 Å². The van der Waals surface area contributed by atoms with Gasteiger partial charge >= 0.3 is 0 Å². The van der Waals surface area contributed by atoms with Crippen molar-refractivity contribution >= 4 is 16.9 Å². The summed E-state index contributed by atoms with van der Waals surface area (Å²) >= 11 is 0. The van der Waals surface area contributed by atoms with E-state index in [1.165, 1.54) is 5.56 Å². The third-order valence-electron chi connectivity index (χ3n) is 4.15. The molecule has 1 aromatic carbocycles. The van der Waals surface area contributed by atoms with Crippen LogP contribution in [0.15, 0.2) is 42.9 Å². The second kappa shape index (κ2) is 7.55. The molecule has 3 aromatic rings. The Hall–Kier alpha value is -2.94. The molecule has 24 heavy (non-hydrogen) atoms. The molecule has 0 saturated carbocycles. The van der Waals surface area contributed by atoms with Gasteiger partial charge in [0.15, 0.2) is 5.65 Å². The maximum absolute atomic E-state index is 8.74. The first kappa shape index (κ1) is 15.9. The number of hydrogen-bond acceptors (Lipinski definition) is 5. The topological polar surface area (TPSA) is 79.4 Å². The molecule has 0 amide bonds. The molecule has 1 atom stereocenters. The highest BCUT2D eigenvalue weighted by Gasteiger charge is 2.12. The van der Waals surface area contributed by atoms with Gasteiger partial charge in [-0.05, 0) is 12.0 Å². The molecule has 0 aliphatic heterocycles. The van der Waals surface area contributed by atoms with Crippen LogP contribution < -0.4 is 5.32 Å². The van der Waals surface area contributed by atoms with E-state index >= 15 is 0 Å². The normalized spacial score (nSPS) is 12.0. The zero-order valence-corrected chi connectivity index (χ0v) is 13.7. The Labute approximate surface area is 141 Å². The number of nitrogens with zero attached hydrogens (tertiary/aromatic N) is 5. The van der Waals surface area contributed by atoms with Crippen molar-refractivity contribution in [3.05, 3.63) is 48.4 Å². The van der Waals surface area contributed by atoms with E-state index in [9.17, 15) is 0 Å². The fraction of sp³-hybridized carbons (Fsp3) is 0.333. The molecule has 0 aliphatic carbocycles. The van der Waals surface area contributed by atoms with Crippen LogP contribution in [-0.2, 0) is 6.54 Å². The van der Waals surface area contributed by atoms with Crippen LogP contribution in [-0.4, -0.2) is 26.3 Å². The summed E-state index contributed by atoms with van der Waals surface area (Å²) in [7, 11) is 0. The van der Waals surface area contributed by atoms with E-state index in [-0.39, 0.29) is 0 Å². The van der Waals surface area contributed by atoms with Gasteiger partial charge in [0, 0.05) is 12.5 Å². The van der Waals surface area contributed by atoms with Crippen LogP contribution >= 0.6 is 0 Å². The van der Waals surface area contributed by atoms with Crippen LogP contribution in [0.4, 0.5) is 5.82 Å². The smallest absolute Gasteiger partial charge is 0.163 e. The van der Waals surface area contributed by atoms with Crippen LogP contribution in [0.5, 0.6) is 0 Å². The standard InChI is InChI=1S/C18H20N6/c1-2-14(15-7-4-3-5-8-15)11-20-17-16-12-23-24(10-6-9-19)18(16)22-13-21-17/h3-5,7-8,12-14H,2,6,10-11H2,1H3,(H,20,21,22)/t14-/m1/s1. The lowest BCUT2D eigenvalue weighted by Crippen LogP contribution is -2.13. The summed E-state index contributed by atoms with van der Waals surface area (Å²) in [6, 6.07) is 12.6. The lowest BCUT2D eigenvalue weighted by atomic mass is 9.96. The van der Waals surface area contributed by atoms with Crippen LogP contribution in [0.1, 0.15) is 31.2 Å². The van der Waals surface area contributed by atoms with Crippen LogP contribution in [0.25, 0.3) is 11.0 Å². The van der Waals surface area contributed by atoms with E-state index < -0.39 is 0 Å². The van der Waals surface area contributed by atoms with Gasteiger partial charge in [0.1, 0.15) is 12.1 Å². The average Bonchev–Trinajstić information content (AvgIpc) is 3.05. The molecule has 2 heterocycles. The van der Waals surface area contributed by atoms with Gasteiger partial charge in [0.2, 0.25) is 0 Å². The molecule has 0 radical (unpaired) electrons. The number of anilines is 1. The summed E-state index contributed by atoms with van der Waals surface area (Å²) in [5.41, 5.74) is 2.08. The molecular weight excluding hydrogens is 300 g/mol.